The van der Waals surface area contributed by atoms with E-state index in [1.807, 2.05) is 0 Å². The molecule has 0 atom stereocenters. The number of nitrogen functional groups attached to an aromatic ring is 1. The van der Waals surface area contributed by atoms with Gasteiger partial charge in [0.1, 0.15) is 13.7 Å². The molecule has 2 N–H and O–H groups in total. The highest BCUT2D eigenvalue weighted by atomic mass is 19.3. The molecule has 74 valence electrons. The molecular formula is C10H7BF2N2. The van der Waals surface area contributed by atoms with Crippen LogP contribution >= 0.6 is 0 Å². The van der Waals surface area contributed by atoms with Gasteiger partial charge < -0.3 is 5.73 Å². The molecule has 0 spiro atoms. The number of alkyl halides is 2. The summed E-state index contributed by atoms with van der Waals surface area (Å²) >= 11 is 0. The van der Waals surface area contributed by atoms with Crippen molar-refractivity contribution in [3.8, 4) is 0 Å². The summed E-state index contributed by atoms with van der Waals surface area (Å²) in [6.07, 6.45) is -2.61. The normalized spacial score (nSPS) is 11.1. The van der Waals surface area contributed by atoms with Crippen molar-refractivity contribution in [3.05, 3.63) is 29.8 Å². The summed E-state index contributed by atoms with van der Waals surface area (Å²) in [5.41, 5.74) is 6.21. The molecule has 0 aliphatic heterocycles. The van der Waals surface area contributed by atoms with Gasteiger partial charge in [0.25, 0.3) is 6.43 Å². The number of pyridine rings is 1. The highest BCUT2D eigenvalue weighted by molar-refractivity contribution is 6.33. The number of aromatic nitrogens is 1. The molecule has 0 unspecified atom stereocenters. The van der Waals surface area contributed by atoms with Crippen LogP contribution in [0.3, 0.4) is 0 Å². The van der Waals surface area contributed by atoms with Gasteiger partial charge in [-0.15, -0.1) is 0 Å². The Morgan fingerprint density at radius 2 is 2.00 bits per heavy atom. The number of anilines is 1. The standard InChI is InChI=1S/C10H7BF2N2/c11-6-2-1-5-3-7(9(12)13)10(14)15-8(5)4-6/h1-4,9H,(H2,14,15). The Kier molecular flexibility index (Phi) is 2.30. The molecule has 0 amide bonds. The SMILES string of the molecule is [B]c1ccc2cc(C(F)F)c(N)nc2c1. The van der Waals surface area contributed by atoms with Gasteiger partial charge in [0.15, 0.2) is 0 Å². The van der Waals surface area contributed by atoms with Crippen molar-refractivity contribution < 1.29 is 8.78 Å². The quantitative estimate of drug-likeness (QED) is 0.715. The predicted octanol–water partition coefficient (Wildman–Crippen LogP) is 1.55. The second-order valence-corrected chi connectivity index (χ2v) is 3.22. The van der Waals surface area contributed by atoms with Gasteiger partial charge in [0.05, 0.1) is 11.1 Å². The van der Waals surface area contributed by atoms with Crippen molar-refractivity contribution in [1.29, 1.82) is 0 Å². The smallest absolute Gasteiger partial charge is 0.267 e. The van der Waals surface area contributed by atoms with Gasteiger partial charge in [-0.3, -0.25) is 0 Å². The van der Waals surface area contributed by atoms with Crippen LogP contribution in [0.2, 0.25) is 0 Å². The molecule has 0 aliphatic rings. The number of hydrogen-bond acceptors (Lipinski definition) is 2. The molecule has 1 aromatic carbocycles. The van der Waals surface area contributed by atoms with Crippen molar-refractivity contribution in [2.75, 3.05) is 5.73 Å². The second-order valence-electron chi connectivity index (χ2n) is 3.22. The van der Waals surface area contributed by atoms with E-state index in [1.54, 1.807) is 18.2 Å². The molecule has 1 heterocycles. The summed E-state index contributed by atoms with van der Waals surface area (Å²) in [6.45, 7) is 0. The first-order chi connectivity index (χ1) is 7.08. The van der Waals surface area contributed by atoms with Crippen molar-refractivity contribution in [1.82, 2.24) is 4.98 Å². The lowest BCUT2D eigenvalue weighted by Crippen LogP contribution is -2.03. The Morgan fingerprint density at radius 1 is 1.27 bits per heavy atom. The molecule has 0 saturated heterocycles. The van der Waals surface area contributed by atoms with Gasteiger partial charge in [-0.1, -0.05) is 17.6 Å². The largest absolute Gasteiger partial charge is 0.383 e. The van der Waals surface area contributed by atoms with E-state index >= 15 is 0 Å². The molecule has 0 fully saturated rings. The first kappa shape index (κ1) is 9.89. The third kappa shape index (κ3) is 1.77. The number of benzene rings is 1. The van der Waals surface area contributed by atoms with Crippen LogP contribution in [0.5, 0.6) is 0 Å². The van der Waals surface area contributed by atoms with Crippen molar-refractivity contribution >= 4 is 30.0 Å². The van der Waals surface area contributed by atoms with Gasteiger partial charge in [0, 0.05) is 5.39 Å². The number of hydrogen-bond donors (Lipinski definition) is 1. The molecular weight excluding hydrogens is 197 g/mol. The lowest BCUT2D eigenvalue weighted by molar-refractivity contribution is 0.152. The summed E-state index contributed by atoms with van der Waals surface area (Å²) < 4.78 is 25.0. The molecule has 2 aromatic rings. The lowest BCUT2D eigenvalue weighted by Gasteiger charge is -2.06. The van der Waals surface area contributed by atoms with E-state index in [2.05, 4.69) is 4.98 Å². The number of rotatable bonds is 1. The summed E-state index contributed by atoms with van der Waals surface area (Å²) in [7, 11) is 5.54. The van der Waals surface area contributed by atoms with Crippen molar-refractivity contribution in [3.63, 3.8) is 0 Å². The molecule has 1 aromatic heterocycles. The highest BCUT2D eigenvalue weighted by Gasteiger charge is 2.13. The average molecular weight is 204 g/mol. The van der Waals surface area contributed by atoms with Crippen LogP contribution in [0.4, 0.5) is 14.6 Å². The Balaban J connectivity index is 2.71. The fourth-order valence-electron chi connectivity index (χ4n) is 1.39. The summed E-state index contributed by atoms with van der Waals surface area (Å²) in [6, 6.07) is 6.21. The zero-order chi connectivity index (χ0) is 11.0. The third-order valence-electron chi connectivity index (χ3n) is 2.14. The van der Waals surface area contributed by atoms with E-state index in [1.165, 1.54) is 6.07 Å². The Bertz CT molecular complexity index is 514. The van der Waals surface area contributed by atoms with Crippen LogP contribution in [-0.2, 0) is 0 Å². The van der Waals surface area contributed by atoms with Gasteiger partial charge in [-0.2, -0.15) is 0 Å². The fraction of sp³-hybridized carbons (Fsp3) is 0.100. The Labute approximate surface area is 86.5 Å². The number of nitrogens with two attached hydrogens (primary N) is 1. The molecule has 5 heteroatoms. The van der Waals surface area contributed by atoms with E-state index in [0.717, 1.165) is 0 Å². The van der Waals surface area contributed by atoms with Gasteiger partial charge >= 0.3 is 0 Å². The van der Waals surface area contributed by atoms with E-state index in [9.17, 15) is 8.78 Å². The van der Waals surface area contributed by atoms with E-state index in [0.29, 0.717) is 16.4 Å². The van der Waals surface area contributed by atoms with Crippen LogP contribution in [0.15, 0.2) is 24.3 Å². The first-order valence-corrected chi connectivity index (χ1v) is 4.32. The van der Waals surface area contributed by atoms with Crippen LogP contribution in [0, 0.1) is 0 Å². The fourth-order valence-corrected chi connectivity index (χ4v) is 1.39. The van der Waals surface area contributed by atoms with Crippen LogP contribution in [-0.4, -0.2) is 12.8 Å². The third-order valence-corrected chi connectivity index (χ3v) is 2.14. The Morgan fingerprint density at radius 3 is 2.67 bits per heavy atom. The van der Waals surface area contributed by atoms with E-state index in [4.69, 9.17) is 13.6 Å². The molecule has 0 saturated carbocycles. The maximum atomic E-state index is 12.5. The molecule has 2 radical (unpaired) electrons. The maximum Gasteiger partial charge on any atom is 0.267 e. The van der Waals surface area contributed by atoms with Gasteiger partial charge in [0.2, 0.25) is 0 Å². The molecule has 2 nitrogen and oxygen atoms in total. The molecule has 2 rings (SSSR count). The van der Waals surface area contributed by atoms with Crippen molar-refractivity contribution in [2.45, 2.75) is 6.43 Å². The predicted molar refractivity (Wildman–Crippen MR) is 56.5 cm³/mol. The minimum atomic E-state index is -2.61. The second kappa shape index (κ2) is 3.49. The van der Waals surface area contributed by atoms with E-state index in [-0.39, 0.29) is 11.4 Å². The van der Waals surface area contributed by atoms with Gasteiger partial charge in [-0.25, -0.2) is 13.8 Å². The highest BCUT2D eigenvalue weighted by Crippen LogP contribution is 2.26. The zero-order valence-electron chi connectivity index (χ0n) is 7.74. The molecule has 0 aliphatic carbocycles. The van der Waals surface area contributed by atoms with Crippen molar-refractivity contribution in [2.24, 2.45) is 0 Å². The lowest BCUT2D eigenvalue weighted by atomic mass is 9.95. The zero-order valence-corrected chi connectivity index (χ0v) is 7.74. The topological polar surface area (TPSA) is 38.9 Å². The summed E-state index contributed by atoms with van der Waals surface area (Å²) in [5.74, 6) is -0.150. The molecule has 15 heavy (non-hydrogen) atoms. The van der Waals surface area contributed by atoms with Gasteiger partial charge in [-0.05, 0) is 12.1 Å². The summed E-state index contributed by atoms with van der Waals surface area (Å²) in [5, 5.41) is 0.605. The minimum Gasteiger partial charge on any atom is -0.383 e. The van der Waals surface area contributed by atoms with Crippen LogP contribution in [0.1, 0.15) is 12.0 Å². The van der Waals surface area contributed by atoms with Crippen LogP contribution < -0.4 is 11.2 Å². The van der Waals surface area contributed by atoms with Crippen LogP contribution in [0.25, 0.3) is 10.9 Å². The Hall–Kier alpha value is -1.65. The number of nitrogens with zero attached hydrogens (tertiary/aromatic N) is 1. The average Bonchev–Trinajstić information content (AvgIpc) is 2.15. The monoisotopic (exact) mass is 204 g/mol. The van der Waals surface area contributed by atoms with E-state index < -0.39 is 6.43 Å². The number of fused-ring (bicyclic) bond motifs is 1. The maximum absolute atomic E-state index is 12.5. The summed E-state index contributed by atoms with van der Waals surface area (Å²) in [4.78, 5) is 3.88. The first-order valence-electron chi connectivity index (χ1n) is 4.32. The minimum absolute atomic E-state index is 0.150. The number of halogens is 2. The molecule has 0 bridgehead atoms.